The van der Waals surface area contributed by atoms with Crippen LogP contribution in [-0.4, -0.2) is 0 Å². The molecule has 0 aliphatic heterocycles. The van der Waals surface area contributed by atoms with Gasteiger partial charge in [-0.15, -0.1) is 0 Å². The summed E-state index contributed by atoms with van der Waals surface area (Å²) < 4.78 is 7.33. The van der Waals surface area contributed by atoms with Gasteiger partial charge in [0, 0.05) is 34.4 Å². The number of furan rings is 1. The predicted octanol–water partition coefficient (Wildman–Crippen LogP) is 7.58. The molecule has 0 spiro atoms. The van der Waals surface area contributed by atoms with Crippen molar-refractivity contribution in [1.82, 2.24) is 0 Å². The zero-order valence-corrected chi connectivity index (χ0v) is 16.3. The van der Waals surface area contributed by atoms with Gasteiger partial charge >= 0.3 is 0 Å². The number of rotatable bonds is 3. The Balaban J connectivity index is 1.71. The number of nitrogens with zero attached hydrogens (tertiary/aromatic N) is 1. The van der Waals surface area contributed by atoms with Gasteiger partial charge in [0.2, 0.25) is 0 Å². The number of fused-ring (bicyclic) bond motifs is 3. The highest BCUT2D eigenvalue weighted by Crippen LogP contribution is 2.40. The maximum absolute atomic E-state index is 6.10. The molecule has 0 fully saturated rings. The summed E-state index contributed by atoms with van der Waals surface area (Å²) in [7, 11) is 0. The number of allylic oxidation sites excluding steroid dienone is 1. The molecule has 1 aliphatic rings. The lowest BCUT2D eigenvalue weighted by atomic mass is 10.0. The summed E-state index contributed by atoms with van der Waals surface area (Å²) in [5, 5.41) is 1.16. The average Bonchev–Trinajstić information content (AvgIpc) is 3.07. The summed E-state index contributed by atoms with van der Waals surface area (Å²) in [5.41, 5.74) is 5.54. The summed E-state index contributed by atoms with van der Waals surface area (Å²) in [6.45, 7) is 0. The SMILES string of the molecule is BrC1=Cc2c(oc3ccc(N(c4ccccc4)c4ccccc4)cc23)CC1. The number of halogens is 1. The fourth-order valence-corrected chi connectivity index (χ4v) is 4.13. The van der Waals surface area contributed by atoms with E-state index in [1.807, 2.05) is 12.1 Å². The quantitative estimate of drug-likeness (QED) is 0.342. The fraction of sp³-hybridized carbons (Fsp3) is 0.0833. The third-order valence-electron chi connectivity index (χ3n) is 4.97. The lowest BCUT2D eigenvalue weighted by Crippen LogP contribution is -2.09. The van der Waals surface area contributed by atoms with Crippen LogP contribution < -0.4 is 4.90 Å². The smallest absolute Gasteiger partial charge is 0.135 e. The molecule has 1 aliphatic carbocycles. The van der Waals surface area contributed by atoms with Crippen LogP contribution in [0.1, 0.15) is 17.7 Å². The standard InChI is InChI=1S/C24H18BrNO/c25-17-11-13-23-21(15-17)22-16-20(12-14-24(22)27-23)26(18-7-3-1-4-8-18)19-9-5-2-6-10-19/h1-10,12,14-16H,11,13H2. The topological polar surface area (TPSA) is 16.4 Å². The Morgan fingerprint density at radius 2 is 1.41 bits per heavy atom. The maximum Gasteiger partial charge on any atom is 0.135 e. The van der Waals surface area contributed by atoms with Gasteiger partial charge in [-0.05, 0) is 59.4 Å². The van der Waals surface area contributed by atoms with Gasteiger partial charge in [-0.25, -0.2) is 0 Å². The molecule has 0 unspecified atom stereocenters. The second kappa shape index (κ2) is 6.75. The van der Waals surface area contributed by atoms with E-state index in [4.69, 9.17) is 4.42 Å². The van der Waals surface area contributed by atoms with Crippen LogP contribution in [0.4, 0.5) is 17.1 Å². The normalized spacial score (nSPS) is 13.3. The summed E-state index contributed by atoms with van der Waals surface area (Å²) in [6, 6.07) is 27.4. The van der Waals surface area contributed by atoms with Crippen LogP contribution in [0, 0.1) is 0 Å². The van der Waals surface area contributed by atoms with Gasteiger partial charge in [0.25, 0.3) is 0 Å². The molecule has 0 bridgehead atoms. The molecule has 1 heterocycles. The minimum absolute atomic E-state index is 0.942. The second-order valence-electron chi connectivity index (χ2n) is 6.72. The minimum Gasteiger partial charge on any atom is -0.460 e. The molecule has 3 heteroatoms. The molecule has 0 radical (unpaired) electrons. The van der Waals surface area contributed by atoms with Gasteiger partial charge in [-0.2, -0.15) is 0 Å². The molecular formula is C24H18BrNO. The second-order valence-corrected chi connectivity index (χ2v) is 7.74. The van der Waals surface area contributed by atoms with Crippen LogP contribution in [-0.2, 0) is 6.42 Å². The Morgan fingerprint density at radius 3 is 2.07 bits per heavy atom. The first kappa shape index (κ1) is 16.4. The number of hydrogen-bond donors (Lipinski definition) is 0. The van der Waals surface area contributed by atoms with Crippen molar-refractivity contribution < 1.29 is 4.42 Å². The molecule has 0 atom stereocenters. The molecular weight excluding hydrogens is 398 g/mol. The number of hydrogen-bond acceptors (Lipinski definition) is 2. The van der Waals surface area contributed by atoms with E-state index >= 15 is 0 Å². The van der Waals surface area contributed by atoms with E-state index < -0.39 is 0 Å². The minimum atomic E-state index is 0.942. The van der Waals surface area contributed by atoms with Crippen LogP contribution in [0.3, 0.4) is 0 Å². The zero-order chi connectivity index (χ0) is 18.2. The summed E-state index contributed by atoms with van der Waals surface area (Å²) in [4.78, 5) is 2.28. The summed E-state index contributed by atoms with van der Waals surface area (Å²) in [6.07, 6.45) is 4.14. The van der Waals surface area contributed by atoms with Crippen molar-refractivity contribution >= 4 is 50.0 Å². The first-order valence-corrected chi connectivity index (χ1v) is 9.90. The van der Waals surface area contributed by atoms with Gasteiger partial charge < -0.3 is 9.32 Å². The Labute approximate surface area is 166 Å². The highest BCUT2D eigenvalue weighted by molar-refractivity contribution is 9.11. The lowest BCUT2D eigenvalue weighted by Gasteiger charge is -2.25. The van der Waals surface area contributed by atoms with E-state index in [1.54, 1.807) is 0 Å². The van der Waals surface area contributed by atoms with Crippen LogP contribution in [0.5, 0.6) is 0 Å². The summed E-state index contributed by atoms with van der Waals surface area (Å²) >= 11 is 3.66. The molecule has 0 saturated heterocycles. The number of anilines is 3. The Kier molecular flexibility index (Phi) is 4.10. The maximum atomic E-state index is 6.10. The van der Waals surface area contributed by atoms with E-state index in [2.05, 4.69) is 93.6 Å². The van der Waals surface area contributed by atoms with E-state index in [-0.39, 0.29) is 0 Å². The van der Waals surface area contributed by atoms with Crippen molar-refractivity contribution in [2.75, 3.05) is 4.90 Å². The van der Waals surface area contributed by atoms with Crippen molar-refractivity contribution in [1.29, 1.82) is 0 Å². The Hall–Kier alpha value is -2.78. The van der Waals surface area contributed by atoms with Crippen molar-refractivity contribution in [3.05, 3.63) is 94.7 Å². The van der Waals surface area contributed by atoms with Gasteiger partial charge in [-0.3, -0.25) is 0 Å². The number of aryl methyl sites for hydroxylation is 1. The highest BCUT2D eigenvalue weighted by atomic mass is 79.9. The molecule has 1 aromatic heterocycles. The number of benzene rings is 3. The number of para-hydroxylation sites is 2. The van der Waals surface area contributed by atoms with Crippen molar-refractivity contribution in [3.8, 4) is 0 Å². The third kappa shape index (κ3) is 2.98. The largest absolute Gasteiger partial charge is 0.460 e. The third-order valence-corrected chi connectivity index (χ3v) is 5.59. The van der Waals surface area contributed by atoms with Gasteiger partial charge in [0.15, 0.2) is 0 Å². The van der Waals surface area contributed by atoms with Crippen LogP contribution in [0.25, 0.3) is 17.0 Å². The summed E-state index contributed by atoms with van der Waals surface area (Å²) in [5.74, 6) is 1.08. The fourth-order valence-electron chi connectivity index (χ4n) is 3.70. The predicted molar refractivity (Wildman–Crippen MR) is 116 cm³/mol. The Morgan fingerprint density at radius 1 is 0.741 bits per heavy atom. The first-order chi connectivity index (χ1) is 13.3. The molecule has 4 aromatic rings. The molecule has 0 saturated carbocycles. The van der Waals surface area contributed by atoms with Crippen LogP contribution >= 0.6 is 15.9 Å². The molecule has 0 N–H and O–H groups in total. The van der Waals surface area contributed by atoms with Crippen molar-refractivity contribution in [3.63, 3.8) is 0 Å². The Bertz CT molecular complexity index is 1090. The molecule has 0 amide bonds. The van der Waals surface area contributed by atoms with Crippen molar-refractivity contribution in [2.45, 2.75) is 12.8 Å². The monoisotopic (exact) mass is 415 g/mol. The highest BCUT2D eigenvalue weighted by Gasteiger charge is 2.19. The molecule has 27 heavy (non-hydrogen) atoms. The van der Waals surface area contributed by atoms with Gasteiger partial charge in [0.1, 0.15) is 11.3 Å². The van der Waals surface area contributed by atoms with Crippen molar-refractivity contribution in [2.24, 2.45) is 0 Å². The zero-order valence-electron chi connectivity index (χ0n) is 14.7. The molecule has 3 aromatic carbocycles. The van der Waals surface area contributed by atoms with E-state index in [0.29, 0.717) is 0 Å². The van der Waals surface area contributed by atoms with Gasteiger partial charge in [0.05, 0.1) is 0 Å². The molecule has 2 nitrogen and oxygen atoms in total. The first-order valence-electron chi connectivity index (χ1n) is 9.11. The van der Waals surface area contributed by atoms with E-state index in [1.165, 1.54) is 10.0 Å². The van der Waals surface area contributed by atoms with Crippen LogP contribution in [0.2, 0.25) is 0 Å². The van der Waals surface area contributed by atoms with Gasteiger partial charge in [-0.1, -0.05) is 52.3 Å². The van der Waals surface area contributed by atoms with E-state index in [9.17, 15) is 0 Å². The average molecular weight is 416 g/mol. The molecule has 5 rings (SSSR count). The van der Waals surface area contributed by atoms with E-state index in [0.717, 1.165) is 46.6 Å². The molecule has 132 valence electrons. The van der Waals surface area contributed by atoms with Crippen LogP contribution in [0.15, 0.2) is 87.8 Å². The lowest BCUT2D eigenvalue weighted by molar-refractivity contribution is 0.545.